The molecule has 0 bridgehead atoms. The van der Waals surface area contributed by atoms with Crippen LogP contribution in [0.1, 0.15) is 126 Å². The van der Waals surface area contributed by atoms with Crippen LogP contribution >= 0.6 is 0 Å². The van der Waals surface area contributed by atoms with Gasteiger partial charge in [-0.15, -0.1) is 0 Å². The minimum absolute atomic E-state index is 0.0321. The number of hydrogen-bond donors (Lipinski definition) is 1. The highest BCUT2D eigenvalue weighted by atomic mass is 16.5. The summed E-state index contributed by atoms with van der Waals surface area (Å²) in [5.41, 5.74) is 7.47. The van der Waals surface area contributed by atoms with Crippen molar-refractivity contribution < 1.29 is 9.53 Å². The average Bonchev–Trinajstić information content (AvgIpc) is 2.87. The zero-order valence-corrected chi connectivity index (χ0v) is 21.5. The van der Waals surface area contributed by atoms with Gasteiger partial charge in [0.1, 0.15) is 12.0 Å². The lowest BCUT2D eigenvalue weighted by Crippen LogP contribution is -2.27. The Kier molecular flexibility index (Phi) is 15.1. The van der Waals surface area contributed by atoms with E-state index in [0.717, 1.165) is 12.8 Å². The van der Waals surface area contributed by atoms with Crippen LogP contribution < -0.4 is 10.5 Å². The minimum atomic E-state index is -0.383. The van der Waals surface area contributed by atoms with Gasteiger partial charge in [-0.05, 0) is 25.0 Å². The van der Waals surface area contributed by atoms with Crippen LogP contribution in [-0.2, 0) is 0 Å². The Balaban J connectivity index is 1.51. The van der Waals surface area contributed by atoms with Gasteiger partial charge in [-0.1, -0.05) is 139 Å². The number of benzene rings is 2. The summed E-state index contributed by atoms with van der Waals surface area (Å²) in [4.78, 5) is 12.8. The maximum atomic E-state index is 12.8. The largest absolute Gasteiger partial charge is 0.475 e. The standard InChI is InChI=1S/C31H47NO2/c1-2-3-4-5-6-7-8-9-10-11-12-13-14-15-19-26-30(32)34-29-25-21-20-24-28(29)31(33)27-22-17-16-18-23-27/h16-18,20-25,30H,2-15,19,26,32H2,1H3. The molecule has 0 heterocycles. The van der Waals surface area contributed by atoms with Gasteiger partial charge in [-0.25, -0.2) is 0 Å². The van der Waals surface area contributed by atoms with Crippen LogP contribution in [0, 0.1) is 0 Å². The van der Waals surface area contributed by atoms with E-state index >= 15 is 0 Å². The summed E-state index contributed by atoms with van der Waals surface area (Å²) >= 11 is 0. The first kappa shape index (κ1) is 28.1. The van der Waals surface area contributed by atoms with Gasteiger partial charge in [-0.3, -0.25) is 10.5 Å². The van der Waals surface area contributed by atoms with E-state index in [2.05, 4.69) is 6.92 Å². The van der Waals surface area contributed by atoms with Gasteiger partial charge in [0.25, 0.3) is 0 Å². The van der Waals surface area contributed by atoms with Crippen molar-refractivity contribution in [3.05, 3.63) is 65.7 Å². The van der Waals surface area contributed by atoms with E-state index in [4.69, 9.17) is 10.5 Å². The van der Waals surface area contributed by atoms with Gasteiger partial charge in [0.05, 0.1) is 5.56 Å². The second-order valence-electron chi connectivity index (χ2n) is 9.59. The Morgan fingerprint density at radius 2 is 1.15 bits per heavy atom. The number of unbranched alkanes of at least 4 members (excludes halogenated alkanes) is 14. The fourth-order valence-electron chi connectivity index (χ4n) is 4.44. The Morgan fingerprint density at radius 1 is 0.676 bits per heavy atom. The quantitative estimate of drug-likeness (QED) is 0.121. The number of rotatable bonds is 20. The zero-order valence-electron chi connectivity index (χ0n) is 21.5. The number of nitrogens with two attached hydrogens (primary N) is 1. The predicted octanol–water partition coefficient (Wildman–Crippen LogP) is 8.84. The van der Waals surface area contributed by atoms with E-state index in [1.54, 1.807) is 0 Å². The number of hydrogen-bond acceptors (Lipinski definition) is 3. The predicted molar refractivity (Wildman–Crippen MR) is 144 cm³/mol. The van der Waals surface area contributed by atoms with Crippen LogP contribution in [0.3, 0.4) is 0 Å². The lowest BCUT2D eigenvalue weighted by molar-refractivity contribution is 0.103. The number of carbonyl (C=O) groups excluding carboxylic acids is 1. The number of ketones is 1. The third-order valence-corrected chi connectivity index (χ3v) is 6.54. The van der Waals surface area contributed by atoms with E-state index in [9.17, 15) is 4.79 Å². The highest BCUT2D eigenvalue weighted by Gasteiger charge is 2.16. The van der Waals surface area contributed by atoms with E-state index in [1.807, 2.05) is 54.6 Å². The molecule has 2 N–H and O–H groups in total. The second-order valence-corrected chi connectivity index (χ2v) is 9.59. The summed E-state index contributed by atoms with van der Waals surface area (Å²) in [5, 5.41) is 0. The number of ether oxygens (including phenoxy) is 1. The smallest absolute Gasteiger partial charge is 0.196 e. The van der Waals surface area contributed by atoms with Crippen molar-refractivity contribution >= 4 is 5.78 Å². The van der Waals surface area contributed by atoms with Crippen LogP contribution in [0.25, 0.3) is 0 Å². The maximum Gasteiger partial charge on any atom is 0.196 e. The summed E-state index contributed by atoms with van der Waals surface area (Å²) in [7, 11) is 0. The Bertz CT molecular complexity index is 774. The van der Waals surface area contributed by atoms with E-state index < -0.39 is 0 Å². The third kappa shape index (κ3) is 11.8. The molecule has 2 aromatic rings. The molecule has 0 aliphatic rings. The zero-order chi connectivity index (χ0) is 24.3. The van der Waals surface area contributed by atoms with Crippen molar-refractivity contribution in [1.82, 2.24) is 0 Å². The molecule has 1 unspecified atom stereocenters. The molecule has 0 radical (unpaired) electrons. The van der Waals surface area contributed by atoms with Crippen molar-refractivity contribution in [2.24, 2.45) is 5.73 Å². The van der Waals surface area contributed by atoms with Gasteiger partial charge in [0, 0.05) is 5.56 Å². The summed E-state index contributed by atoms with van der Waals surface area (Å²) in [6.45, 7) is 2.28. The Morgan fingerprint density at radius 3 is 1.71 bits per heavy atom. The molecule has 3 nitrogen and oxygen atoms in total. The molecule has 0 aromatic heterocycles. The Hall–Kier alpha value is -2.13. The molecule has 188 valence electrons. The molecule has 0 saturated carbocycles. The van der Waals surface area contributed by atoms with Crippen LogP contribution in [0.4, 0.5) is 0 Å². The summed E-state index contributed by atoms with van der Waals surface area (Å²) < 4.78 is 5.96. The molecule has 34 heavy (non-hydrogen) atoms. The van der Waals surface area contributed by atoms with Crippen LogP contribution in [0.2, 0.25) is 0 Å². The Labute approximate surface area is 208 Å². The first-order valence-corrected chi connectivity index (χ1v) is 13.8. The lowest BCUT2D eigenvalue weighted by Gasteiger charge is -2.17. The molecule has 3 heteroatoms. The number of carbonyl (C=O) groups is 1. The van der Waals surface area contributed by atoms with Gasteiger partial charge in [-0.2, -0.15) is 0 Å². The van der Waals surface area contributed by atoms with Crippen molar-refractivity contribution in [3.63, 3.8) is 0 Å². The summed E-state index contributed by atoms with van der Waals surface area (Å²) in [6.07, 6.45) is 20.7. The topological polar surface area (TPSA) is 52.3 Å². The molecule has 0 spiro atoms. The molecular formula is C31H47NO2. The maximum absolute atomic E-state index is 12.8. The third-order valence-electron chi connectivity index (χ3n) is 6.54. The first-order valence-electron chi connectivity index (χ1n) is 13.8. The van der Waals surface area contributed by atoms with Crippen molar-refractivity contribution in [2.45, 2.75) is 116 Å². The molecule has 0 aliphatic heterocycles. The molecule has 0 saturated heterocycles. The molecule has 0 fully saturated rings. The lowest BCUT2D eigenvalue weighted by atomic mass is 10.0. The van der Waals surface area contributed by atoms with E-state index in [1.165, 1.54) is 89.9 Å². The van der Waals surface area contributed by atoms with E-state index in [-0.39, 0.29) is 12.0 Å². The summed E-state index contributed by atoms with van der Waals surface area (Å²) in [5.74, 6) is 0.542. The first-order chi connectivity index (χ1) is 16.7. The van der Waals surface area contributed by atoms with Crippen molar-refractivity contribution in [1.29, 1.82) is 0 Å². The molecular weight excluding hydrogens is 418 g/mol. The molecule has 0 amide bonds. The van der Waals surface area contributed by atoms with Gasteiger partial charge < -0.3 is 4.74 Å². The average molecular weight is 466 g/mol. The monoisotopic (exact) mass is 465 g/mol. The molecule has 0 aliphatic carbocycles. The van der Waals surface area contributed by atoms with Gasteiger partial charge in [0.15, 0.2) is 5.78 Å². The second kappa shape index (κ2) is 18.2. The highest BCUT2D eigenvalue weighted by molar-refractivity contribution is 6.10. The normalized spacial score (nSPS) is 11.9. The van der Waals surface area contributed by atoms with Crippen LogP contribution in [-0.4, -0.2) is 12.0 Å². The van der Waals surface area contributed by atoms with Crippen molar-refractivity contribution in [3.8, 4) is 5.75 Å². The minimum Gasteiger partial charge on any atom is -0.475 e. The fraction of sp³-hybridized carbons (Fsp3) is 0.581. The van der Waals surface area contributed by atoms with E-state index in [0.29, 0.717) is 16.9 Å². The van der Waals surface area contributed by atoms with Gasteiger partial charge in [0.2, 0.25) is 0 Å². The highest BCUT2D eigenvalue weighted by Crippen LogP contribution is 2.23. The van der Waals surface area contributed by atoms with Crippen molar-refractivity contribution in [2.75, 3.05) is 0 Å². The fourth-order valence-corrected chi connectivity index (χ4v) is 4.44. The van der Waals surface area contributed by atoms with Crippen LogP contribution in [0.5, 0.6) is 5.75 Å². The molecule has 2 aromatic carbocycles. The van der Waals surface area contributed by atoms with Crippen LogP contribution in [0.15, 0.2) is 54.6 Å². The number of para-hydroxylation sites is 1. The SMILES string of the molecule is CCCCCCCCCCCCCCCCCC(N)Oc1ccccc1C(=O)c1ccccc1. The molecule has 1 atom stereocenters. The molecule has 2 rings (SSSR count). The van der Waals surface area contributed by atoms with Gasteiger partial charge >= 0.3 is 0 Å². The summed E-state index contributed by atoms with van der Waals surface area (Å²) in [6, 6.07) is 16.7.